The molecule has 1 aliphatic rings. The number of aliphatic hydroxyl groups is 1. The molecule has 0 fully saturated rings. The van der Waals surface area contributed by atoms with Gasteiger partial charge in [0.15, 0.2) is 5.60 Å². The third-order valence-electron chi connectivity index (χ3n) is 6.85. The van der Waals surface area contributed by atoms with Crippen LogP contribution in [0.2, 0.25) is 0 Å². The van der Waals surface area contributed by atoms with Gasteiger partial charge in [0.1, 0.15) is 5.75 Å². The van der Waals surface area contributed by atoms with Crippen LogP contribution in [0.1, 0.15) is 16.7 Å². The topological polar surface area (TPSA) is 49.8 Å². The van der Waals surface area contributed by atoms with E-state index in [4.69, 9.17) is 4.74 Å². The molecule has 4 nitrogen and oxygen atoms in total. The third kappa shape index (κ3) is 2.93. The molecule has 1 N–H and O–H groups in total. The summed E-state index contributed by atoms with van der Waals surface area (Å²) in [6.45, 7) is 0.357. The Morgan fingerprint density at radius 3 is 2.03 bits per heavy atom. The van der Waals surface area contributed by atoms with E-state index in [2.05, 4.69) is 30.3 Å². The van der Waals surface area contributed by atoms with Gasteiger partial charge >= 0.3 is 0 Å². The summed E-state index contributed by atoms with van der Waals surface area (Å²) in [4.78, 5) is 15.7. The number of carbonyl (C=O) groups excluding carboxylic acids is 1. The minimum Gasteiger partial charge on any atom is -0.497 e. The highest BCUT2D eigenvalue weighted by atomic mass is 16.5. The van der Waals surface area contributed by atoms with Crippen molar-refractivity contribution in [3.63, 3.8) is 0 Å². The molecule has 0 bridgehead atoms. The maximum Gasteiger partial charge on any atom is 0.268 e. The van der Waals surface area contributed by atoms with Gasteiger partial charge in [-0.25, -0.2) is 0 Å². The van der Waals surface area contributed by atoms with Crippen LogP contribution in [-0.4, -0.2) is 18.1 Å². The Kier molecular flexibility index (Phi) is 4.64. The van der Waals surface area contributed by atoms with E-state index in [0.29, 0.717) is 23.4 Å². The summed E-state index contributed by atoms with van der Waals surface area (Å²) in [5.41, 5.74) is 1.15. The number of hydrogen-bond acceptors (Lipinski definition) is 3. The van der Waals surface area contributed by atoms with Gasteiger partial charge in [0.25, 0.3) is 5.91 Å². The molecule has 5 aromatic carbocycles. The van der Waals surface area contributed by atoms with Crippen molar-refractivity contribution in [2.24, 2.45) is 0 Å². The highest BCUT2D eigenvalue weighted by Gasteiger charge is 2.51. The molecule has 0 saturated heterocycles. The number of rotatable bonds is 4. The first-order valence-corrected chi connectivity index (χ1v) is 11.3. The van der Waals surface area contributed by atoms with Gasteiger partial charge in [0.05, 0.1) is 19.3 Å². The molecule has 1 aliphatic heterocycles. The fraction of sp³-hybridized carbons (Fsp3) is 0.100. The molecule has 34 heavy (non-hydrogen) atoms. The van der Waals surface area contributed by atoms with Crippen molar-refractivity contribution in [3.8, 4) is 5.75 Å². The lowest BCUT2D eigenvalue weighted by Crippen LogP contribution is -2.40. The number of amides is 1. The lowest BCUT2D eigenvalue weighted by molar-refractivity contribution is -0.132. The first kappa shape index (κ1) is 20.5. The van der Waals surface area contributed by atoms with Gasteiger partial charge in [-0.2, -0.15) is 0 Å². The molecule has 0 aromatic heterocycles. The van der Waals surface area contributed by atoms with Crippen LogP contribution < -0.4 is 9.64 Å². The second kappa shape index (κ2) is 7.72. The van der Waals surface area contributed by atoms with Crippen LogP contribution >= 0.6 is 0 Å². The lowest BCUT2D eigenvalue weighted by atomic mass is 9.87. The van der Waals surface area contributed by atoms with Gasteiger partial charge in [0.2, 0.25) is 0 Å². The van der Waals surface area contributed by atoms with E-state index < -0.39 is 5.60 Å². The minimum absolute atomic E-state index is 0.351. The predicted molar refractivity (Wildman–Crippen MR) is 135 cm³/mol. The van der Waals surface area contributed by atoms with Crippen LogP contribution in [0.3, 0.4) is 0 Å². The zero-order valence-electron chi connectivity index (χ0n) is 18.7. The van der Waals surface area contributed by atoms with Crippen LogP contribution in [0.5, 0.6) is 5.75 Å². The Morgan fingerprint density at radius 1 is 0.794 bits per heavy atom. The van der Waals surface area contributed by atoms with Crippen molar-refractivity contribution >= 4 is 33.1 Å². The number of fused-ring (bicyclic) bond motifs is 3. The summed E-state index contributed by atoms with van der Waals surface area (Å²) in [7, 11) is 1.59. The summed E-state index contributed by atoms with van der Waals surface area (Å²) in [6.07, 6.45) is 0. The van der Waals surface area contributed by atoms with Crippen LogP contribution in [-0.2, 0) is 16.9 Å². The first-order chi connectivity index (χ1) is 16.6. The highest BCUT2D eigenvalue weighted by Crippen LogP contribution is 2.46. The zero-order chi connectivity index (χ0) is 23.3. The summed E-state index contributed by atoms with van der Waals surface area (Å²) in [5.74, 6) is 0.320. The maximum atomic E-state index is 14.0. The molecule has 1 amide bonds. The smallest absolute Gasteiger partial charge is 0.268 e. The fourth-order valence-corrected chi connectivity index (χ4v) is 5.14. The van der Waals surface area contributed by atoms with E-state index in [-0.39, 0.29) is 5.91 Å². The number of benzene rings is 5. The molecule has 5 aromatic rings. The number of methoxy groups -OCH3 is 1. The second-order valence-corrected chi connectivity index (χ2v) is 8.64. The molecule has 4 heteroatoms. The molecule has 6 rings (SSSR count). The van der Waals surface area contributed by atoms with Crippen molar-refractivity contribution in [2.45, 2.75) is 12.1 Å². The van der Waals surface area contributed by atoms with E-state index in [1.54, 1.807) is 36.3 Å². The molecule has 0 saturated carbocycles. The average molecular weight is 446 g/mol. The first-order valence-electron chi connectivity index (χ1n) is 11.3. The summed E-state index contributed by atoms with van der Waals surface area (Å²) >= 11 is 0. The van der Waals surface area contributed by atoms with Crippen LogP contribution in [0, 0.1) is 0 Å². The zero-order valence-corrected chi connectivity index (χ0v) is 18.7. The summed E-state index contributed by atoms with van der Waals surface area (Å²) < 4.78 is 5.27. The number of anilines is 1. The molecular formula is C30H23NO3. The molecule has 1 atom stereocenters. The Morgan fingerprint density at radius 2 is 1.38 bits per heavy atom. The molecule has 0 unspecified atom stereocenters. The van der Waals surface area contributed by atoms with Crippen LogP contribution in [0.25, 0.3) is 21.5 Å². The second-order valence-electron chi connectivity index (χ2n) is 8.64. The Bertz CT molecular complexity index is 1500. The van der Waals surface area contributed by atoms with Crippen molar-refractivity contribution in [1.29, 1.82) is 0 Å². The summed E-state index contributed by atoms with van der Waals surface area (Å²) in [6, 6.07) is 33.2. The quantitative estimate of drug-likeness (QED) is 0.357. The number of nitrogens with zero attached hydrogens (tertiary/aromatic N) is 1. The van der Waals surface area contributed by atoms with Gasteiger partial charge in [0, 0.05) is 5.56 Å². The fourth-order valence-electron chi connectivity index (χ4n) is 5.14. The van der Waals surface area contributed by atoms with E-state index in [9.17, 15) is 9.90 Å². The SMILES string of the molecule is COc1ccc([C@]2(O)C(=O)N(Cc3c4ccccc4cc4ccccc34)c3ccccc32)cc1. The Hall–Kier alpha value is -4.15. The maximum absolute atomic E-state index is 14.0. The predicted octanol–water partition coefficient (Wildman–Crippen LogP) is 5.78. The highest BCUT2D eigenvalue weighted by molar-refractivity contribution is 6.10. The van der Waals surface area contributed by atoms with E-state index in [1.807, 2.05) is 48.5 Å². The van der Waals surface area contributed by atoms with Gasteiger partial charge < -0.3 is 14.7 Å². The Balaban J connectivity index is 1.53. The van der Waals surface area contributed by atoms with E-state index >= 15 is 0 Å². The number of carbonyl (C=O) groups is 1. The monoisotopic (exact) mass is 445 g/mol. The van der Waals surface area contributed by atoms with Crippen molar-refractivity contribution in [2.75, 3.05) is 12.0 Å². The van der Waals surface area contributed by atoms with Crippen molar-refractivity contribution < 1.29 is 14.6 Å². The van der Waals surface area contributed by atoms with Gasteiger partial charge in [-0.15, -0.1) is 0 Å². The van der Waals surface area contributed by atoms with E-state index in [1.165, 1.54) is 0 Å². The molecule has 0 radical (unpaired) electrons. The van der Waals surface area contributed by atoms with E-state index in [0.717, 1.165) is 32.8 Å². The van der Waals surface area contributed by atoms with Gasteiger partial charge in [-0.05, 0) is 56.9 Å². The molecule has 166 valence electrons. The summed E-state index contributed by atoms with van der Waals surface area (Å²) in [5, 5.41) is 16.3. The number of para-hydroxylation sites is 1. The van der Waals surface area contributed by atoms with Crippen molar-refractivity contribution in [1.82, 2.24) is 0 Å². The van der Waals surface area contributed by atoms with Gasteiger partial charge in [-0.3, -0.25) is 4.79 Å². The number of ether oxygens (including phenoxy) is 1. The lowest BCUT2D eigenvalue weighted by Gasteiger charge is -2.25. The van der Waals surface area contributed by atoms with Gasteiger partial charge in [-0.1, -0.05) is 78.9 Å². The molecule has 1 heterocycles. The standard InChI is InChI=1S/C30H23NO3/c1-34-23-16-14-22(15-17-23)30(33)27-12-6-7-13-28(27)31(29(30)32)19-26-24-10-4-2-8-20(24)18-21-9-3-5-11-25(21)26/h2-18,33H,19H2,1H3/t30-/m1/s1. The van der Waals surface area contributed by atoms with Crippen LogP contribution in [0.15, 0.2) is 103 Å². The average Bonchev–Trinajstić information content (AvgIpc) is 3.11. The molecule has 0 aliphatic carbocycles. The largest absolute Gasteiger partial charge is 0.497 e. The molecular weight excluding hydrogens is 422 g/mol. The number of hydrogen-bond donors (Lipinski definition) is 1. The normalized spacial score (nSPS) is 17.4. The molecule has 0 spiro atoms. The minimum atomic E-state index is -1.76. The third-order valence-corrected chi connectivity index (χ3v) is 6.85. The Labute approximate surface area is 197 Å². The van der Waals surface area contributed by atoms with Crippen LogP contribution in [0.4, 0.5) is 5.69 Å². The van der Waals surface area contributed by atoms with Crippen molar-refractivity contribution in [3.05, 3.63) is 120 Å².